The number of nitrogens with one attached hydrogen (secondary N) is 2. The Bertz CT molecular complexity index is 648. The molecule has 116 valence electrons. The van der Waals surface area contributed by atoms with Crippen molar-refractivity contribution in [3.05, 3.63) is 35.7 Å². The number of hydrogen-bond acceptors (Lipinski definition) is 5. The highest BCUT2D eigenvalue weighted by Crippen LogP contribution is 2.20. The fraction of sp³-hybridized carbons (Fsp3) is 0.267. The SMILES string of the molecule is COc1ccc(NC(=O)Nc2c(C)nc(OC)nc2C)cc1. The lowest BCUT2D eigenvalue weighted by molar-refractivity contribution is 0.262. The number of hydrogen-bond donors (Lipinski definition) is 2. The number of aromatic nitrogens is 2. The van der Waals surface area contributed by atoms with Gasteiger partial charge in [0, 0.05) is 5.69 Å². The van der Waals surface area contributed by atoms with Gasteiger partial charge >= 0.3 is 12.0 Å². The minimum Gasteiger partial charge on any atom is -0.497 e. The van der Waals surface area contributed by atoms with E-state index >= 15 is 0 Å². The van der Waals surface area contributed by atoms with Crippen LogP contribution in [0.4, 0.5) is 16.2 Å². The second-order valence-corrected chi connectivity index (χ2v) is 4.56. The Balaban J connectivity index is 2.08. The van der Waals surface area contributed by atoms with Crippen LogP contribution in [0.2, 0.25) is 0 Å². The molecule has 0 fully saturated rings. The molecule has 2 aromatic rings. The maximum absolute atomic E-state index is 12.1. The number of rotatable bonds is 4. The van der Waals surface area contributed by atoms with Gasteiger partial charge in [-0.05, 0) is 38.1 Å². The van der Waals surface area contributed by atoms with Crippen molar-refractivity contribution in [1.82, 2.24) is 9.97 Å². The molecule has 7 nitrogen and oxygen atoms in total. The maximum atomic E-state index is 12.1. The Labute approximate surface area is 128 Å². The van der Waals surface area contributed by atoms with Crippen molar-refractivity contribution in [2.75, 3.05) is 24.9 Å². The van der Waals surface area contributed by atoms with E-state index in [1.165, 1.54) is 7.11 Å². The summed E-state index contributed by atoms with van der Waals surface area (Å²) in [6, 6.07) is 6.94. The van der Waals surface area contributed by atoms with Gasteiger partial charge in [-0.3, -0.25) is 0 Å². The highest BCUT2D eigenvalue weighted by Gasteiger charge is 2.12. The summed E-state index contributed by atoms with van der Waals surface area (Å²) in [7, 11) is 3.09. The molecule has 1 aromatic carbocycles. The first-order valence-corrected chi connectivity index (χ1v) is 6.64. The molecule has 0 bridgehead atoms. The molecule has 22 heavy (non-hydrogen) atoms. The number of aryl methyl sites for hydroxylation is 2. The Morgan fingerprint density at radius 2 is 1.55 bits per heavy atom. The number of benzene rings is 1. The van der Waals surface area contributed by atoms with Gasteiger partial charge in [0.25, 0.3) is 0 Å². The molecule has 0 unspecified atom stereocenters. The number of amides is 2. The van der Waals surface area contributed by atoms with E-state index in [9.17, 15) is 4.79 Å². The van der Waals surface area contributed by atoms with E-state index in [4.69, 9.17) is 9.47 Å². The van der Waals surface area contributed by atoms with Gasteiger partial charge < -0.3 is 20.1 Å². The van der Waals surface area contributed by atoms with Crippen LogP contribution in [-0.2, 0) is 0 Å². The Morgan fingerprint density at radius 3 is 2.05 bits per heavy atom. The summed E-state index contributed by atoms with van der Waals surface area (Å²) in [5, 5.41) is 5.48. The van der Waals surface area contributed by atoms with Gasteiger partial charge in [-0.25, -0.2) is 4.79 Å². The van der Waals surface area contributed by atoms with Crippen molar-refractivity contribution in [3.8, 4) is 11.8 Å². The van der Waals surface area contributed by atoms with Crippen LogP contribution in [0.1, 0.15) is 11.4 Å². The molecular weight excluding hydrogens is 284 g/mol. The zero-order valence-electron chi connectivity index (χ0n) is 12.9. The van der Waals surface area contributed by atoms with Crippen molar-refractivity contribution < 1.29 is 14.3 Å². The van der Waals surface area contributed by atoms with E-state index in [1.807, 2.05) is 0 Å². The highest BCUT2D eigenvalue weighted by molar-refractivity contribution is 6.00. The monoisotopic (exact) mass is 302 g/mol. The third-order valence-electron chi connectivity index (χ3n) is 3.02. The molecule has 1 heterocycles. The molecule has 0 saturated heterocycles. The van der Waals surface area contributed by atoms with Crippen molar-refractivity contribution in [3.63, 3.8) is 0 Å². The molecular formula is C15H18N4O3. The van der Waals surface area contributed by atoms with Crippen LogP contribution >= 0.6 is 0 Å². The van der Waals surface area contributed by atoms with Gasteiger partial charge in [0.1, 0.15) is 5.75 Å². The lowest BCUT2D eigenvalue weighted by Gasteiger charge is -2.12. The van der Waals surface area contributed by atoms with Gasteiger partial charge in [-0.15, -0.1) is 0 Å². The number of carbonyl (C=O) groups excluding carboxylic acids is 1. The minimum absolute atomic E-state index is 0.274. The zero-order chi connectivity index (χ0) is 16.1. The molecule has 2 N–H and O–H groups in total. The first-order valence-electron chi connectivity index (χ1n) is 6.64. The van der Waals surface area contributed by atoms with E-state index in [2.05, 4.69) is 20.6 Å². The van der Waals surface area contributed by atoms with Crippen LogP contribution in [0, 0.1) is 13.8 Å². The fourth-order valence-corrected chi connectivity index (χ4v) is 1.91. The van der Waals surface area contributed by atoms with E-state index in [1.54, 1.807) is 45.2 Å². The van der Waals surface area contributed by atoms with Gasteiger partial charge in [-0.2, -0.15) is 9.97 Å². The molecule has 1 aromatic heterocycles. The summed E-state index contributed by atoms with van der Waals surface area (Å²) in [4.78, 5) is 20.3. The number of urea groups is 1. The minimum atomic E-state index is -0.370. The van der Waals surface area contributed by atoms with E-state index in [0.717, 1.165) is 5.75 Å². The standard InChI is InChI=1S/C15H18N4O3/c1-9-13(10(2)17-15(16-9)22-4)19-14(20)18-11-5-7-12(21-3)8-6-11/h5-8H,1-4H3,(H2,18,19,20). The maximum Gasteiger partial charge on any atom is 0.323 e. The molecule has 0 spiro atoms. The average Bonchev–Trinajstić information content (AvgIpc) is 2.51. The van der Waals surface area contributed by atoms with E-state index in [0.29, 0.717) is 22.8 Å². The number of nitrogens with zero attached hydrogens (tertiary/aromatic N) is 2. The van der Waals surface area contributed by atoms with Crippen LogP contribution in [-0.4, -0.2) is 30.2 Å². The molecule has 0 atom stereocenters. The highest BCUT2D eigenvalue weighted by atomic mass is 16.5. The smallest absolute Gasteiger partial charge is 0.323 e. The van der Waals surface area contributed by atoms with Crippen LogP contribution in [0.15, 0.2) is 24.3 Å². The lowest BCUT2D eigenvalue weighted by Crippen LogP contribution is -2.21. The number of ether oxygens (including phenoxy) is 2. The molecule has 2 rings (SSSR count). The summed E-state index contributed by atoms with van der Waals surface area (Å²) >= 11 is 0. The molecule has 0 aliphatic carbocycles. The van der Waals surface area contributed by atoms with Crippen LogP contribution in [0.3, 0.4) is 0 Å². The number of carbonyl (C=O) groups is 1. The van der Waals surface area contributed by atoms with Gasteiger partial charge in [0.15, 0.2) is 0 Å². The number of methoxy groups -OCH3 is 2. The normalized spacial score (nSPS) is 10.0. The quantitative estimate of drug-likeness (QED) is 0.907. The zero-order valence-corrected chi connectivity index (χ0v) is 12.9. The predicted molar refractivity (Wildman–Crippen MR) is 83.7 cm³/mol. The Hall–Kier alpha value is -2.83. The summed E-state index contributed by atoms with van der Waals surface area (Å²) < 4.78 is 10.1. The number of anilines is 2. The lowest BCUT2D eigenvalue weighted by atomic mass is 10.3. The third kappa shape index (κ3) is 3.63. The molecule has 0 aliphatic heterocycles. The van der Waals surface area contributed by atoms with Crippen LogP contribution in [0.5, 0.6) is 11.8 Å². The van der Waals surface area contributed by atoms with E-state index < -0.39 is 0 Å². The molecule has 2 amide bonds. The van der Waals surface area contributed by atoms with Crippen molar-refractivity contribution in [1.29, 1.82) is 0 Å². The van der Waals surface area contributed by atoms with E-state index in [-0.39, 0.29) is 12.0 Å². The fourth-order valence-electron chi connectivity index (χ4n) is 1.91. The molecule has 0 aliphatic rings. The van der Waals surface area contributed by atoms with Crippen molar-refractivity contribution >= 4 is 17.4 Å². The van der Waals surface area contributed by atoms with Gasteiger partial charge in [0.2, 0.25) is 0 Å². The largest absolute Gasteiger partial charge is 0.497 e. The molecule has 0 radical (unpaired) electrons. The Kier molecular flexibility index (Phi) is 4.77. The second-order valence-electron chi connectivity index (χ2n) is 4.56. The summed E-state index contributed by atoms with van der Waals surface area (Å²) in [5.41, 5.74) is 2.48. The van der Waals surface area contributed by atoms with Crippen LogP contribution in [0.25, 0.3) is 0 Å². The van der Waals surface area contributed by atoms with Gasteiger partial charge in [0.05, 0.1) is 31.3 Å². The first-order chi connectivity index (χ1) is 10.5. The molecule has 7 heteroatoms. The Morgan fingerprint density at radius 1 is 0.955 bits per heavy atom. The second kappa shape index (κ2) is 6.75. The first kappa shape index (κ1) is 15.6. The summed E-state index contributed by atoms with van der Waals surface area (Å²) in [5.74, 6) is 0.723. The van der Waals surface area contributed by atoms with Crippen LogP contribution < -0.4 is 20.1 Å². The molecule has 0 saturated carbocycles. The van der Waals surface area contributed by atoms with Gasteiger partial charge in [-0.1, -0.05) is 0 Å². The predicted octanol–water partition coefficient (Wildman–Crippen LogP) is 2.75. The topological polar surface area (TPSA) is 85.4 Å². The summed E-state index contributed by atoms with van der Waals surface area (Å²) in [6.45, 7) is 3.56. The average molecular weight is 302 g/mol. The van der Waals surface area contributed by atoms with Crippen molar-refractivity contribution in [2.24, 2.45) is 0 Å². The van der Waals surface area contributed by atoms with Crippen molar-refractivity contribution in [2.45, 2.75) is 13.8 Å². The third-order valence-corrected chi connectivity index (χ3v) is 3.02. The summed E-state index contributed by atoms with van der Waals surface area (Å²) in [6.07, 6.45) is 0.